The number of nitrogens with zero attached hydrogens (tertiary/aromatic N) is 5. The van der Waals surface area contributed by atoms with E-state index in [1.54, 1.807) is 18.2 Å². The van der Waals surface area contributed by atoms with Crippen LogP contribution in [0.4, 0.5) is 27.9 Å². The number of carbonyl (C=O) groups is 1. The summed E-state index contributed by atoms with van der Waals surface area (Å²) in [5.74, 6) is 1.41. The number of amides is 1. The predicted octanol–water partition coefficient (Wildman–Crippen LogP) is 4.95. The number of ether oxygens (including phenoxy) is 2. The molecule has 1 aromatic carbocycles. The third kappa shape index (κ3) is 9.77. The molecule has 1 saturated heterocycles. The quantitative estimate of drug-likeness (QED) is 0.288. The van der Waals surface area contributed by atoms with E-state index < -0.39 is 5.60 Å². The monoisotopic (exact) mass is 556 g/mol. The normalized spacial score (nSPS) is 13.9. The van der Waals surface area contributed by atoms with Gasteiger partial charge in [-0.05, 0) is 39.7 Å². The second-order valence-corrected chi connectivity index (χ2v) is 10.3. The highest BCUT2D eigenvalue weighted by Gasteiger charge is 2.24. The Labute approximate surface area is 239 Å². The Hall–Kier alpha value is -3.76. The van der Waals surface area contributed by atoms with Gasteiger partial charge in [0.1, 0.15) is 22.7 Å². The third-order valence-corrected chi connectivity index (χ3v) is 6.07. The lowest BCUT2D eigenvalue weighted by Gasteiger charge is -2.27. The van der Waals surface area contributed by atoms with Crippen molar-refractivity contribution < 1.29 is 14.3 Å². The summed E-state index contributed by atoms with van der Waals surface area (Å²) < 4.78 is 11.2. The Morgan fingerprint density at radius 1 is 1.15 bits per heavy atom. The van der Waals surface area contributed by atoms with Gasteiger partial charge in [0.25, 0.3) is 0 Å². The van der Waals surface area contributed by atoms with Crippen LogP contribution in [-0.4, -0.2) is 72.6 Å². The topological polar surface area (TPSA) is 144 Å². The zero-order valence-electron chi connectivity index (χ0n) is 25.3. The van der Waals surface area contributed by atoms with Crippen molar-refractivity contribution in [3.63, 3.8) is 0 Å². The SMILES string of the molecule is CC.CCCCNc1nc(N)nc(C=NCc2ccc(N3CCCN(C(=O)OC(C)(C)C)CC3)cc2OC)c1N. The molecule has 3 rings (SSSR count). The van der Waals surface area contributed by atoms with Gasteiger partial charge in [0.05, 0.1) is 13.7 Å². The molecule has 0 radical (unpaired) electrons. The van der Waals surface area contributed by atoms with E-state index in [0.717, 1.165) is 49.4 Å². The molecule has 0 saturated carbocycles. The van der Waals surface area contributed by atoms with Gasteiger partial charge in [-0.2, -0.15) is 4.98 Å². The predicted molar refractivity (Wildman–Crippen MR) is 165 cm³/mol. The van der Waals surface area contributed by atoms with Gasteiger partial charge in [-0.15, -0.1) is 0 Å². The molecule has 1 aliphatic rings. The molecular formula is C29H48N8O3. The maximum atomic E-state index is 12.5. The van der Waals surface area contributed by atoms with Crippen molar-refractivity contribution in [3.05, 3.63) is 29.5 Å². The van der Waals surface area contributed by atoms with Crippen LogP contribution in [0.25, 0.3) is 0 Å². The summed E-state index contributed by atoms with van der Waals surface area (Å²) in [5.41, 5.74) is 14.5. The lowest BCUT2D eigenvalue weighted by molar-refractivity contribution is 0.0263. The molecule has 2 aromatic rings. The van der Waals surface area contributed by atoms with E-state index in [1.807, 2.05) is 46.8 Å². The standard InChI is InChI=1S/C27H42N8O3.C2H6/c1-6-7-11-31-24-23(28)21(32-25(29)33-24)18-30-17-19-9-10-20(16-22(19)37-5)34-12-8-13-35(15-14-34)26(36)38-27(2,3)4;1-2/h9-10,16,18H,6-8,11-15,17,28H2,1-5H3,(H3,29,31,32,33);1-2H3. The Kier molecular flexibility index (Phi) is 12.8. The number of hydrogen-bond acceptors (Lipinski definition) is 10. The van der Waals surface area contributed by atoms with Gasteiger partial charge >= 0.3 is 6.09 Å². The summed E-state index contributed by atoms with van der Waals surface area (Å²) in [5, 5.41) is 3.21. The van der Waals surface area contributed by atoms with Gasteiger partial charge < -0.3 is 36.1 Å². The van der Waals surface area contributed by atoms with E-state index in [-0.39, 0.29) is 12.0 Å². The fourth-order valence-electron chi connectivity index (χ4n) is 4.10. The Morgan fingerprint density at radius 2 is 1.90 bits per heavy atom. The van der Waals surface area contributed by atoms with Crippen molar-refractivity contribution in [2.45, 2.75) is 73.0 Å². The molecule has 5 N–H and O–H groups in total. The highest BCUT2D eigenvalue weighted by Crippen LogP contribution is 2.28. The molecule has 2 heterocycles. The second-order valence-electron chi connectivity index (χ2n) is 10.3. The van der Waals surface area contributed by atoms with E-state index in [2.05, 4.69) is 38.2 Å². The van der Waals surface area contributed by atoms with E-state index in [0.29, 0.717) is 43.4 Å². The number of nitrogens with two attached hydrogens (primary N) is 2. The number of methoxy groups -OCH3 is 1. The first-order chi connectivity index (χ1) is 19.1. The van der Waals surface area contributed by atoms with Gasteiger partial charge in [-0.1, -0.05) is 33.3 Å². The van der Waals surface area contributed by atoms with Gasteiger partial charge in [0.15, 0.2) is 5.82 Å². The van der Waals surface area contributed by atoms with Crippen LogP contribution < -0.4 is 26.4 Å². The molecule has 0 spiro atoms. The largest absolute Gasteiger partial charge is 0.496 e. The van der Waals surface area contributed by atoms with Gasteiger partial charge in [-0.25, -0.2) is 9.78 Å². The lowest BCUT2D eigenvalue weighted by Crippen LogP contribution is -2.39. The number of hydrogen-bond donors (Lipinski definition) is 3. The molecule has 1 amide bonds. The third-order valence-electron chi connectivity index (χ3n) is 6.07. The fourth-order valence-corrected chi connectivity index (χ4v) is 4.10. The molecule has 0 bridgehead atoms. The number of aromatic nitrogens is 2. The zero-order valence-corrected chi connectivity index (χ0v) is 25.3. The van der Waals surface area contributed by atoms with Crippen LogP contribution in [0.3, 0.4) is 0 Å². The number of aliphatic imine (C=N–C) groups is 1. The highest BCUT2D eigenvalue weighted by molar-refractivity contribution is 5.88. The van der Waals surface area contributed by atoms with E-state index >= 15 is 0 Å². The summed E-state index contributed by atoms with van der Waals surface area (Å²) in [6, 6.07) is 6.08. The molecule has 11 heteroatoms. The fraction of sp³-hybridized carbons (Fsp3) is 0.586. The van der Waals surface area contributed by atoms with Crippen LogP contribution >= 0.6 is 0 Å². The van der Waals surface area contributed by atoms with Crippen LogP contribution in [-0.2, 0) is 11.3 Å². The molecule has 0 aliphatic carbocycles. The summed E-state index contributed by atoms with van der Waals surface area (Å²) >= 11 is 0. The summed E-state index contributed by atoms with van der Waals surface area (Å²) in [4.78, 5) is 29.5. The molecule has 1 fully saturated rings. The van der Waals surface area contributed by atoms with E-state index in [1.165, 1.54) is 0 Å². The molecule has 1 aromatic heterocycles. The minimum atomic E-state index is -0.506. The maximum absolute atomic E-state index is 12.5. The summed E-state index contributed by atoms with van der Waals surface area (Å²) in [6.07, 6.45) is 4.27. The summed E-state index contributed by atoms with van der Waals surface area (Å²) in [7, 11) is 1.65. The number of benzene rings is 1. The maximum Gasteiger partial charge on any atom is 0.410 e. The Balaban J connectivity index is 0.00000274. The minimum absolute atomic E-state index is 0.143. The molecule has 222 valence electrons. The Morgan fingerprint density at radius 3 is 2.58 bits per heavy atom. The van der Waals surface area contributed by atoms with E-state index in [9.17, 15) is 4.79 Å². The van der Waals surface area contributed by atoms with Crippen molar-refractivity contribution in [1.29, 1.82) is 0 Å². The van der Waals surface area contributed by atoms with Crippen molar-refractivity contribution in [3.8, 4) is 5.75 Å². The smallest absolute Gasteiger partial charge is 0.410 e. The van der Waals surface area contributed by atoms with Crippen molar-refractivity contribution in [1.82, 2.24) is 14.9 Å². The molecule has 40 heavy (non-hydrogen) atoms. The first-order valence-electron chi connectivity index (χ1n) is 14.2. The number of nitrogens with one attached hydrogen (secondary N) is 1. The van der Waals surface area contributed by atoms with Gasteiger partial charge in [0, 0.05) is 56.3 Å². The zero-order chi connectivity index (χ0) is 29.7. The van der Waals surface area contributed by atoms with Crippen molar-refractivity contribution >= 4 is 35.4 Å². The van der Waals surface area contributed by atoms with Gasteiger partial charge in [-0.3, -0.25) is 4.99 Å². The second kappa shape index (κ2) is 15.7. The summed E-state index contributed by atoms with van der Waals surface area (Å²) in [6.45, 7) is 15.7. The molecule has 11 nitrogen and oxygen atoms in total. The van der Waals surface area contributed by atoms with Crippen LogP contribution in [0, 0.1) is 0 Å². The number of unbranched alkanes of at least 4 members (excludes halogenated alkanes) is 1. The lowest BCUT2D eigenvalue weighted by atomic mass is 10.1. The Bertz CT molecular complexity index is 1120. The number of anilines is 4. The molecule has 1 aliphatic heterocycles. The van der Waals surface area contributed by atoms with Crippen LogP contribution in [0.1, 0.15) is 72.1 Å². The van der Waals surface area contributed by atoms with Crippen LogP contribution in [0.5, 0.6) is 5.75 Å². The first kappa shape index (κ1) is 32.5. The minimum Gasteiger partial charge on any atom is -0.496 e. The van der Waals surface area contributed by atoms with Crippen LogP contribution in [0.15, 0.2) is 23.2 Å². The van der Waals surface area contributed by atoms with Crippen LogP contribution in [0.2, 0.25) is 0 Å². The first-order valence-corrected chi connectivity index (χ1v) is 14.2. The van der Waals surface area contributed by atoms with E-state index in [4.69, 9.17) is 20.9 Å². The van der Waals surface area contributed by atoms with Crippen molar-refractivity contribution in [2.24, 2.45) is 4.99 Å². The van der Waals surface area contributed by atoms with Crippen molar-refractivity contribution in [2.75, 3.05) is 61.5 Å². The number of nitrogen functional groups attached to an aromatic ring is 2. The molecular weight excluding hydrogens is 508 g/mol. The number of carbonyl (C=O) groups excluding carboxylic acids is 1. The number of rotatable bonds is 9. The average molecular weight is 557 g/mol. The molecule has 0 unspecified atom stereocenters. The van der Waals surface area contributed by atoms with Gasteiger partial charge in [0.2, 0.25) is 5.95 Å². The average Bonchev–Trinajstić information content (AvgIpc) is 3.18. The highest BCUT2D eigenvalue weighted by atomic mass is 16.6. The molecule has 0 atom stereocenters.